The first kappa shape index (κ1) is 16.6. The quantitative estimate of drug-likeness (QED) is 0.684. The molecule has 25 heavy (non-hydrogen) atoms. The number of carbonyl (C=O) groups is 1. The molecule has 1 saturated heterocycles. The molecule has 0 unspecified atom stereocenters. The third kappa shape index (κ3) is 2.84. The van der Waals surface area contributed by atoms with Crippen LogP contribution in [0.4, 0.5) is 0 Å². The van der Waals surface area contributed by atoms with Gasteiger partial charge in [0.05, 0.1) is 18.2 Å². The van der Waals surface area contributed by atoms with Gasteiger partial charge >= 0.3 is 0 Å². The number of para-hydroxylation sites is 1. The lowest BCUT2D eigenvalue weighted by molar-refractivity contribution is -0.0232. The molecule has 3 heterocycles. The van der Waals surface area contributed by atoms with Crippen molar-refractivity contribution in [3.05, 3.63) is 51.1 Å². The highest BCUT2D eigenvalue weighted by Crippen LogP contribution is 2.32. The maximum Gasteiger partial charge on any atom is 0.272 e. The van der Waals surface area contributed by atoms with Gasteiger partial charge in [0.25, 0.3) is 5.91 Å². The van der Waals surface area contributed by atoms with E-state index >= 15 is 0 Å². The molecular formula is C18H18ClN3O2S. The van der Waals surface area contributed by atoms with Gasteiger partial charge in [-0.15, -0.1) is 11.3 Å². The largest absolute Gasteiger partial charge is 0.367 e. The van der Waals surface area contributed by atoms with Gasteiger partial charge in [-0.05, 0) is 13.0 Å². The van der Waals surface area contributed by atoms with Gasteiger partial charge < -0.3 is 14.2 Å². The Hall–Kier alpha value is -1.89. The number of nitrogens with zero attached hydrogens (tertiary/aromatic N) is 3. The maximum absolute atomic E-state index is 13.1. The van der Waals surface area contributed by atoms with Crippen LogP contribution in [-0.2, 0) is 11.8 Å². The molecular weight excluding hydrogens is 358 g/mol. The number of morpholine rings is 1. The monoisotopic (exact) mass is 375 g/mol. The minimum Gasteiger partial charge on any atom is -0.367 e. The highest BCUT2D eigenvalue weighted by molar-refractivity contribution is 7.09. The number of fused-ring (bicyclic) bond motifs is 1. The fraction of sp³-hybridized carbons (Fsp3) is 0.333. The Morgan fingerprint density at radius 3 is 2.92 bits per heavy atom. The molecule has 0 N–H and O–H groups in total. The van der Waals surface area contributed by atoms with Crippen LogP contribution in [0.1, 0.15) is 27.3 Å². The van der Waals surface area contributed by atoms with E-state index < -0.39 is 0 Å². The van der Waals surface area contributed by atoms with Crippen LogP contribution in [0.5, 0.6) is 0 Å². The van der Waals surface area contributed by atoms with Crippen molar-refractivity contribution in [2.45, 2.75) is 13.0 Å². The standard InChI is InChI=1S/C18H18ClN3O2S/c1-11-10-25-17(20-11)14-9-22(7-8-24-14)18(23)16-15(19)12-5-3-4-6-13(12)21(16)2/h3-6,10,14H,7-9H2,1-2H3/t14-/m0/s1. The number of rotatable bonds is 2. The zero-order valence-electron chi connectivity index (χ0n) is 14.0. The third-order valence-electron chi connectivity index (χ3n) is 4.51. The van der Waals surface area contributed by atoms with Gasteiger partial charge in [-0.1, -0.05) is 29.8 Å². The van der Waals surface area contributed by atoms with Crippen molar-refractivity contribution < 1.29 is 9.53 Å². The second-order valence-corrected chi connectivity index (χ2v) is 7.44. The number of hydrogen-bond donors (Lipinski definition) is 0. The molecule has 1 fully saturated rings. The van der Waals surface area contributed by atoms with Crippen molar-refractivity contribution >= 4 is 39.7 Å². The highest BCUT2D eigenvalue weighted by Gasteiger charge is 2.31. The number of aromatic nitrogens is 2. The van der Waals surface area contributed by atoms with Crippen LogP contribution in [0, 0.1) is 6.92 Å². The molecule has 1 aliphatic heterocycles. The van der Waals surface area contributed by atoms with E-state index in [1.807, 2.05) is 53.1 Å². The number of aryl methyl sites for hydroxylation is 2. The highest BCUT2D eigenvalue weighted by atomic mass is 35.5. The number of halogens is 1. The van der Waals surface area contributed by atoms with Gasteiger partial charge in [-0.2, -0.15) is 0 Å². The first-order valence-corrected chi connectivity index (χ1v) is 9.38. The molecule has 7 heteroatoms. The topological polar surface area (TPSA) is 47.4 Å². The first-order chi connectivity index (χ1) is 12.1. The lowest BCUT2D eigenvalue weighted by Gasteiger charge is -2.32. The molecule has 0 spiro atoms. The number of amides is 1. The Bertz CT molecular complexity index is 910. The van der Waals surface area contributed by atoms with E-state index in [2.05, 4.69) is 4.98 Å². The first-order valence-electron chi connectivity index (χ1n) is 8.12. The molecule has 0 radical (unpaired) electrons. The van der Waals surface area contributed by atoms with E-state index in [1.54, 1.807) is 11.3 Å². The fourth-order valence-corrected chi connectivity index (χ4v) is 4.44. The molecule has 0 bridgehead atoms. The summed E-state index contributed by atoms with van der Waals surface area (Å²) >= 11 is 8.09. The van der Waals surface area contributed by atoms with E-state index in [0.29, 0.717) is 30.4 Å². The molecule has 2 aromatic heterocycles. The minimum absolute atomic E-state index is 0.0646. The van der Waals surface area contributed by atoms with Gasteiger partial charge in [0, 0.05) is 35.6 Å². The summed E-state index contributed by atoms with van der Waals surface area (Å²) in [4.78, 5) is 19.4. The number of hydrogen-bond acceptors (Lipinski definition) is 4. The van der Waals surface area contributed by atoms with Crippen molar-refractivity contribution in [2.75, 3.05) is 19.7 Å². The van der Waals surface area contributed by atoms with Gasteiger partial charge in [0.1, 0.15) is 16.8 Å². The average Bonchev–Trinajstić information content (AvgIpc) is 3.17. The summed E-state index contributed by atoms with van der Waals surface area (Å²) < 4.78 is 7.70. The lowest BCUT2D eigenvalue weighted by atomic mass is 10.2. The molecule has 4 rings (SSSR count). The Morgan fingerprint density at radius 1 is 1.40 bits per heavy atom. The van der Waals surface area contributed by atoms with Gasteiger partial charge in [0.15, 0.2) is 0 Å². The maximum atomic E-state index is 13.1. The number of ether oxygens (including phenoxy) is 1. The number of thiazole rings is 1. The van der Waals surface area contributed by atoms with Gasteiger partial charge in [0.2, 0.25) is 0 Å². The predicted octanol–water partition coefficient (Wildman–Crippen LogP) is 3.81. The van der Waals surface area contributed by atoms with E-state index in [9.17, 15) is 4.79 Å². The second kappa shape index (κ2) is 6.44. The lowest BCUT2D eigenvalue weighted by Crippen LogP contribution is -2.42. The van der Waals surface area contributed by atoms with Crippen LogP contribution in [0.2, 0.25) is 5.02 Å². The zero-order valence-corrected chi connectivity index (χ0v) is 15.6. The molecule has 0 aliphatic carbocycles. The van der Waals surface area contributed by atoms with Crippen LogP contribution in [0.3, 0.4) is 0 Å². The summed E-state index contributed by atoms with van der Waals surface area (Å²) in [5.41, 5.74) is 2.46. The van der Waals surface area contributed by atoms with Crippen molar-refractivity contribution in [3.63, 3.8) is 0 Å². The van der Waals surface area contributed by atoms with Crippen LogP contribution in [-0.4, -0.2) is 40.1 Å². The van der Waals surface area contributed by atoms with Crippen LogP contribution >= 0.6 is 22.9 Å². The van der Waals surface area contributed by atoms with Crippen molar-refractivity contribution in [1.29, 1.82) is 0 Å². The van der Waals surface area contributed by atoms with E-state index in [1.165, 1.54) is 0 Å². The summed E-state index contributed by atoms with van der Waals surface area (Å²) in [5, 5.41) is 4.32. The summed E-state index contributed by atoms with van der Waals surface area (Å²) in [6.45, 7) is 3.50. The molecule has 1 aliphatic rings. The van der Waals surface area contributed by atoms with Crippen LogP contribution in [0.15, 0.2) is 29.6 Å². The SMILES string of the molecule is Cc1csc([C@@H]2CN(C(=O)c3c(Cl)c4ccccc4n3C)CCO2)n1. The van der Waals surface area contributed by atoms with Crippen molar-refractivity contribution in [1.82, 2.24) is 14.5 Å². The van der Waals surface area contributed by atoms with E-state index in [-0.39, 0.29) is 12.0 Å². The number of benzene rings is 1. The fourth-order valence-electron chi connectivity index (χ4n) is 3.24. The average molecular weight is 376 g/mol. The summed E-state index contributed by atoms with van der Waals surface area (Å²) in [7, 11) is 1.88. The third-order valence-corrected chi connectivity index (χ3v) is 5.95. The van der Waals surface area contributed by atoms with Gasteiger partial charge in [-0.25, -0.2) is 4.98 Å². The molecule has 1 amide bonds. The van der Waals surface area contributed by atoms with E-state index in [4.69, 9.17) is 16.3 Å². The molecule has 1 aromatic carbocycles. The molecule has 0 saturated carbocycles. The zero-order chi connectivity index (χ0) is 17.6. The predicted molar refractivity (Wildman–Crippen MR) is 99.4 cm³/mol. The minimum atomic E-state index is -0.176. The smallest absolute Gasteiger partial charge is 0.272 e. The Kier molecular flexibility index (Phi) is 4.27. The van der Waals surface area contributed by atoms with Crippen molar-refractivity contribution in [3.8, 4) is 0 Å². The second-order valence-electron chi connectivity index (χ2n) is 6.18. The summed E-state index contributed by atoms with van der Waals surface area (Å²) in [6, 6.07) is 7.79. The van der Waals surface area contributed by atoms with Gasteiger partial charge in [-0.3, -0.25) is 4.79 Å². The Morgan fingerprint density at radius 2 is 2.20 bits per heavy atom. The number of carbonyl (C=O) groups excluding carboxylic acids is 1. The molecule has 5 nitrogen and oxygen atoms in total. The molecule has 1 atom stereocenters. The molecule has 3 aromatic rings. The Labute approximate surface area is 154 Å². The van der Waals surface area contributed by atoms with Crippen LogP contribution < -0.4 is 0 Å². The normalized spacial score (nSPS) is 18.0. The summed E-state index contributed by atoms with van der Waals surface area (Å²) in [5.74, 6) is -0.0646. The Balaban J connectivity index is 1.65. The molecule has 130 valence electrons. The van der Waals surface area contributed by atoms with Crippen LogP contribution in [0.25, 0.3) is 10.9 Å². The summed E-state index contributed by atoms with van der Waals surface area (Å²) in [6.07, 6.45) is -0.176. The van der Waals surface area contributed by atoms with E-state index in [0.717, 1.165) is 21.6 Å². The van der Waals surface area contributed by atoms with Crippen molar-refractivity contribution in [2.24, 2.45) is 7.05 Å².